The zero-order valence-electron chi connectivity index (χ0n) is 9.87. The van der Waals surface area contributed by atoms with Crippen LogP contribution in [0.5, 0.6) is 0 Å². The Morgan fingerprint density at radius 2 is 1.82 bits per heavy atom. The fraction of sp³-hybridized carbons (Fsp3) is 0.200. The van der Waals surface area contributed by atoms with Crippen LogP contribution < -0.4 is 0 Å². The minimum Gasteiger partial charge on any atom is -0.0843 e. The average molecular weight is 310 g/mol. The van der Waals surface area contributed by atoms with Crippen molar-refractivity contribution in [1.82, 2.24) is 0 Å². The van der Waals surface area contributed by atoms with Gasteiger partial charge in [0.25, 0.3) is 0 Å². The molecule has 0 N–H and O–H groups in total. The highest BCUT2D eigenvalue weighted by Gasteiger charge is 2.13. The van der Waals surface area contributed by atoms with E-state index in [9.17, 15) is 0 Å². The van der Waals surface area contributed by atoms with Crippen molar-refractivity contribution in [2.24, 2.45) is 0 Å². The van der Waals surface area contributed by atoms with Crippen molar-refractivity contribution < 1.29 is 0 Å². The van der Waals surface area contributed by atoms with Gasteiger partial charge in [0.05, 0.1) is 4.83 Å². The number of rotatable bonds is 2. The van der Waals surface area contributed by atoms with Gasteiger partial charge >= 0.3 is 0 Å². The number of hydrogen-bond donors (Lipinski definition) is 0. The van der Waals surface area contributed by atoms with Crippen molar-refractivity contribution in [2.45, 2.75) is 18.7 Å². The van der Waals surface area contributed by atoms with E-state index in [1.807, 2.05) is 18.2 Å². The van der Waals surface area contributed by atoms with Gasteiger partial charge in [0.15, 0.2) is 0 Å². The van der Waals surface area contributed by atoms with Gasteiger partial charge in [-0.05, 0) is 42.7 Å². The van der Waals surface area contributed by atoms with Crippen molar-refractivity contribution in [3.63, 3.8) is 0 Å². The van der Waals surface area contributed by atoms with E-state index in [2.05, 4.69) is 54.0 Å². The van der Waals surface area contributed by atoms with Crippen molar-refractivity contribution in [3.8, 4) is 0 Å². The summed E-state index contributed by atoms with van der Waals surface area (Å²) in [7, 11) is 0. The summed E-state index contributed by atoms with van der Waals surface area (Å²) in [4.78, 5) is 0.195. The molecule has 0 amide bonds. The maximum Gasteiger partial charge on any atom is 0.0647 e. The first-order chi connectivity index (χ1) is 8.08. The fourth-order valence-electron chi connectivity index (χ4n) is 1.88. The SMILES string of the molecule is Cc1ccc(C)c(C(Br)c2cccc(Cl)c2)c1. The quantitative estimate of drug-likeness (QED) is 0.648. The van der Waals surface area contributed by atoms with Crippen LogP contribution in [0.25, 0.3) is 0 Å². The maximum absolute atomic E-state index is 6.03. The molecule has 0 fully saturated rings. The Labute approximate surface area is 116 Å². The summed E-state index contributed by atoms with van der Waals surface area (Å²) in [6.07, 6.45) is 0. The standard InChI is InChI=1S/C15H14BrCl/c1-10-6-7-11(2)14(8-10)15(16)12-4-3-5-13(17)9-12/h3-9,15H,1-2H3. The third-order valence-electron chi connectivity index (χ3n) is 2.85. The molecule has 17 heavy (non-hydrogen) atoms. The molecule has 0 heterocycles. The van der Waals surface area contributed by atoms with Gasteiger partial charge in [0.2, 0.25) is 0 Å². The Balaban J connectivity index is 2.43. The van der Waals surface area contributed by atoms with Crippen LogP contribution in [0.15, 0.2) is 42.5 Å². The summed E-state index contributed by atoms with van der Waals surface area (Å²) in [6, 6.07) is 14.5. The molecule has 0 radical (unpaired) electrons. The van der Waals surface area contributed by atoms with Gasteiger partial charge in [-0.15, -0.1) is 0 Å². The summed E-state index contributed by atoms with van der Waals surface area (Å²) >= 11 is 9.78. The van der Waals surface area contributed by atoms with E-state index in [1.54, 1.807) is 0 Å². The monoisotopic (exact) mass is 308 g/mol. The predicted molar refractivity (Wildman–Crippen MR) is 78.1 cm³/mol. The second kappa shape index (κ2) is 5.24. The number of benzene rings is 2. The molecule has 0 nitrogen and oxygen atoms in total. The first-order valence-electron chi connectivity index (χ1n) is 5.54. The van der Waals surface area contributed by atoms with Gasteiger partial charge in [-0.3, -0.25) is 0 Å². The lowest BCUT2D eigenvalue weighted by molar-refractivity contribution is 1.13. The summed E-state index contributed by atoms with van der Waals surface area (Å²) in [6.45, 7) is 4.24. The third-order valence-corrected chi connectivity index (χ3v) is 4.11. The summed E-state index contributed by atoms with van der Waals surface area (Å²) in [5.74, 6) is 0. The van der Waals surface area contributed by atoms with Crippen LogP contribution in [0, 0.1) is 13.8 Å². The normalized spacial score (nSPS) is 12.5. The Bertz CT molecular complexity index is 534. The molecule has 1 unspecified atom stereocenters. The molecule has 0 saturated heterocycles. The first-order valence-corrected chi connectivity index (χ1v) is 6.84. The lowest BCUT2D eigenvalue weighted by Crippen LogP contribution is -1.96. The number of alkyl halides is 1. The summed E-state index contributed by atoms with van der Waals surface area (Å²) < 4.78 is 0. The van der Waals surface area contributed by atoms with Gasteiger partial charge in [-0.2, -0.15) is 0 Å². The molecule has 2 aromatic carbocycles. The molecule has 2 heteroatoms. The molecule has 0 saturated carbocycles. The molecule has 88 valence electrons. The van der Waals surface area contributed by atoms with Crippen LogP contribution >= 0.6 is 27.5 Å². The fourth-order valence-corrected chi connectivity index (χ4v) is 2.85. The highest BCUT2D eigenvalue weighted by atomic mass is 79.9. The molecule has 0 spiro atoms. The largest absolute Gasteiger partial charge is 0.0843 e. The third kappa shape index (κ3) is 2.91. The Morgan fingerprint density at radius 1 is 1.06 bits per heavy atom. The summed E-state index contributed by atoms with van der Waals surface area (Å²) in [5, 5.41) is 0.775. The Morgan fingerprint density at radius 3 is 2.53 bits per heavy atom. The van der Waals surface area contributed by atoms with Crippen molar-refractivity contribution in [3.05, 3.63) is 69.7 Å². The van der Waals surface area contributed by atoms with Gasteiger partial charge < -0.3 is 0 Å². The minimum atomic E-state index is 0.195. The van der Waals surface area contributed by atoms with Gasteiger partial charge in [-0.1, -0.05) is 63.4 Å². The van der Waals surface area contributed by atoms with E-state index in [4.69, 9.17) is 11.6 Å². The predicted octanol–water partition coefficient (Wildman–Crippen LogP) is 5.44. The van der Waals surface area contributed by atoms with E-state index in [0.717, 1.165) is 5.02 Å². The lowest BCUT2D eigenvalue weighted by Gasteiger charge is -2.14. The molecular formula is C15H14BrCl. The minimum absolute atomic E-state index is 0.195. The van der Waals surface area contributed by atoms with Crippen LogP contribution in [0.2, 0.25) is 5.02 Å². The first kappa shape index (κ1) is 12.7. The van der Waals surface area contributed by atoms with Gasteiger partial charge in [0.1, 0.15) is 0 Å². The molecule has 0 aliphatic carbocycles. The van der Waals surface area contributed by atoms with E-state index in [-0.39, 0.29) is 4.83 Å². The second-order valence-electron chi connectivity index (χ2n) is 4.28. The van der Waals surface area contributed by atoms with Crippen LogP contribution in [0.4, 0.5) is 0 Å². The highest BCUT2D eigenvalue weighted by molar-refractivity contribution is 9.09. The summed E-state index contributed by atoms with van der Waals surface area (Å²) in [5.41, 5.74) is 5.05. The Kier molecular flexibility index (Phi) is 3.90. The van der Waals surface area contributed by atoms with Crippen LogP contribution in [-0.2, 0) is 0 Å². The highest BCUT2D eigenvalue weighted by Crippen LogP contribution is 2.34. The lowest BCUT2D eigenvalue weighted by atomic mass is 9.98. The average Bonchev–Trinajstić information content (AvgIpc) is 2.31. The van der Waals surface area contributed by atoms with Crippen LogP contribution in [-0.4, -0.2) is 0 Å². The smallest absolute Gasteiger partial charge is 0.0647 e. The molecule has 0 aliphatic rings. The van der Waals surface area contributed by atoms with E-state index >= 15 is 0 Å². The molecule has 0 bridgehead atoms. The topological polar surface area (TPSA) is 0 Å². The van der Waals surface area contributed by atoms with Crippen LogP contribution in [0.1, 0.15) is 27.1 Å². The number of hydrogen-bond acceptors (Lipinski definition) is 0. The zero-order chi connectivity index (χ0) is 12.4. The molecule has 1 atom stereocenters. The van der Waals surface area contributed by atoms with Crippen molar-refractivity contribution >= 4 is 27.5 Å². The number of aryl methyl sites for hydroxylation is 2. The van der Waals surface area contributed by atoms with Gasteiger partial charge in [-0.25, -0.2) is 0 Å². The molecule has 0 aliphatic heterocycles. The Hall–Kier alpha value is -0.790. The van der Waals surface area contributed by atoms with Gasteiger partial charge in [0, 0.05) is 5.02 Å². The van der Waals surface area contributed by atoms with E-state index in [0.29, 0.717) is 0 Å². The molecule has 0 aromatic heterocycles. The maximum atomic E-state index is 6.03. The molecular weight excluding hydrogens is 296 g/mol. The second-order valence-corrected chi connectivity index (χ2v) is 5.63. The molecule has 2 rings (SSSR count). The van der Waals surface area contributed by atoms with Crippen molar-refractivity contribution in [2.75, 3.05) is 0 Å². The molecule has 2 aromatic rings. The number of halogens is 2. The van der Waals surface area contributed by atoms with Crippen LogP contribution in [0.3, 0.4) is 0 Å². The van der Waals surface area contributed by atoms with Crippen molar-refractivity contribution in [1.29, 1.82) is 0 Å². The zero-order valence-corrected chi connectivity index (χ0v) is 12.2. The van der Waals surface area contributed by atoms with E-state index < -0.39 is 0 Å². The van der Waals surface area contributed by atoms with E-state index in [1.165, 1.54) is 22.3 Å².